The highest BCUT2D eigenvalue weighted by Gasteiger charge is 2.27. The van der Waals surface area contributed by atoms with Crippen LogP contribution in [0.25, 0.3) is 0 Å². The fraction of sp³-hybridized carbons (Fsp3) is 0.103. The molecule has 1 amide bonds. The monoisotopic (exact) mass is 563 g/mol. The van der Waals surface area contributed by atoms with Crippen molar-refractivity contribution in [2.45, 2.75) is 11.5 Å². The second kappa shape index (κ2) is 12.9. The van der Waals surface area contributed by atoms with Crippen molar-refractivity contribution in [2.75, 3.05) is 18.0 Å². The van der Waals surface area contributed by atoms with E-state index in [1.165, 1.54) is 43.7 Å². The molecule has 0 fully saturated rings. The summed E-state index contributed by atoms with van der Waals surface area (Å²) in [7, 11) is -2.64. The third-order valence-electron chi connectivity index (χ3n) is 5.58. The number of carbonyl (C=O) groups is 1. The van der Waals surface area contributed by atoms with Crippen LogP contribution in [-0.2, 0) is 21.4 Å². The molecule has 0 radical (unpaired) electrons. The summed E-state index contributed by atoms with van der Waals surface area (Å²) in [6, 6.07) is 29.1. The molecule has 0 atom stereocenters. The van der Waals surface area contributed by atoms with E-state index in [0.717, 1.165) is 9.87 Å². The van der Waals surface area contributed by atoms with Crippen LogP contribution in [0.1, 0.15) is 11.1 Å². The summed E-state index contributed by atoms with van der Waals surface area (Å²) in [5.74, 6) is 0.441. The van der Waals surface area contributed by atoms with Crippen LogP contribution >= 0.6 is 11.6 Å². The summed E-state index contributed by atoms with van der Waals surface area (Å²) in [6.45, 7) is -0.159. The molecule has 0 saturated carbocycles. The number of nitrogens with zero attached hydrogens (tertiary/aromatic N) is 2. The molecule has 0 aliphatic heterocycles. The first kappa shape index (κ1) is 27.7. The van der Waals surface area contributed by atoms with Gasteiger partial charge in [0.2, 0.25) is 0 Å². The Bertz CT molecular complexity index is 1540. The number of hydrazone groups is 1. The van der Waals surface area contributed by atoms with Gasteiger partial charge in [-0.15, -0.1) is 0 Å². The molecule has 8 nitrogen and oxygen atoms in total. The Balaban J connectivity index is 1.49. The zero-order valence-electron chi connectivity index (χ0n) is 21.0. The first-order valence-corrected chi connectivity index (χ1v) is 13.7. The van der Waals surface area contributed by atoms with Crippen LogP contribution in [0.15, 0.2) is 113 Å². The lowest BCUT2D eigenvalue weighted by Crippen LogP contribution is -2.39. The van der Waals surface area contributed by atoms with E-state index >= 15 is 0 Å². The first-order chi connectivity index (χ1) is 18.9. The van der Waals surface area contributed by atoms with E-state index in [9.17, 15) is 13.2 Å². The van der Waals surface area contributed by atoms with Crippen LogP contribution in [0.5, 0.6) is 11.5 Å². The Hall–Kier alpha value is -4.34. The number of halogens is 1. The van der Waals surface area contributed by atoms with Crippen molar-refractivity contribution in [2.24, 2.45) is 5.10 Å². The van der Waals surface area contributed by atoms with Crippen molar-refractivity contribution < 1.29 is 22.7 Å². The van der Waals surface area contributed by atoms with Crippen LogP contribution < -0.4 is 19.2 Å². The van der Waals surface area contributed by atoms with E-state index in [0.29, 0.717) is 28.7 Å². The highest BCUT2D eigenvalue weighted by Crippen LogP contribution is 2.27. The molecule has 1 N–H and O–H groups in total. The molecule has 0 heterocycles. The normalized spacial score (nSPS) is 11.2. The summed E-state index contributed by atoms with van der Waals surface area (Å²) >= 11 is 6.12. The van der Waals surface area contributed by atoms with E-state index in [1.807, 2.05) is 42.5 Å². The van der Waals surface area contributed by atoms with Gasteiger partial charge >= 0.3 is 0 Å². The maximum absolute atomic E-state index is 13.5. The van der Waals surface area contributed by atoms with E-state index in [4.69, 9.17) is 21.1 Å². The lowest BCUT2D eigenvalue weighted by molar-refractivity contribution is -0.119. The molecule has 200 valence electrons. The molecule has 0 spiro atoms. The largest absolute Gasteiger partial charge is 0.497 e. The molecule has 0 aliphatic rings. The SMILES string of the molecule is COc1ccc(S(=O)(=O)N(CC(=O)N/N=C\c2ccccc2OCc2ccccc2)c2cccc(Cl)c2)cc1. The van der Waals surface area contributed by atoms with Crippen LogP contribution in [0.4, 0.5) is 5.69 Å². The standard InChI is InChI=1S/C29H26ClN3O5S/c1-37-26-14-16-27(17-15-26)39(35,36)33(25-12-7-11-24(30)18-25)20-29(34)32-31-19-23-10-5-6-13-28(23)38-21-22-8-3-2-4-9-22/h2-19H,20-21H2,1H3,(H,32,34)/b31-19-. The van der Waals surface area contributed by atoms with Gasteiger partial charge in [0.05, 0.1) is 23.9 Å². The van der Waals surface area contributed by atoms with Gasteiger partial charge in [-0.3, -0.25) is 9.10 Å². The van der Waals surface area contributed by atoms with E-state index < -0.39 is 22.5 Å². The number of hydrogen-bond donors (Lipinski definition) is 1. The third kappa shape index (κ3) is 7.37. The van der Waals surface area contributed by atoms with Gasteiger partial charge in [-0.1, -0.05) is 60.1 Å². The van der Waals surface area contributed by atoms with E-state index in [-0.39, 0.29) is 10.6 Å². The maximum atomic E-state index is 13.5. The van der Waals surface area contributed by atoms with Crippen LogP contribution in [0.3, 0.4) is 0 Å². The van der Waals surface area contributed by atoms with Gasteiger partial charge in [0.1, 0.15) is 24.7 Å². The van der Waals surface area contributed by atoms with Gasteiger partial charge in [-0.05, 0) is 60.2 Å². The van der Waals surface area contributed by atoms with Crippen LogP contribution in [0, 0.1) is 0 Å². The number of sulfonamides is 1. The molecule has 0 unspecified atom stereocenters. The van der Waals surface area contributed by atoms with Gasteiger partial charge in [-0.25, -0.2) is 13.8 Å². The van der Waals surface area contributed by atoms with Crippen LogP contribution in [-0.4, -0.2) is 34.2 Å². The lowest BCUT2D eigenvalue weighted by atomic mass is 10.2. The Morgan fingerprint density at radius 2 is 1.67 bits per heavy atom. The second-order valence-electron chi connectivity index (χ2n) is 8.27. The van der Waals surface area contributed by atoms with Crippen molar-refractivity contribution in [1.29, 1.82) is 0 Å². The van der Waals surface area contributed by atoms with Crippen molar-refractivity contribution in [3.8, 4) is 11.5 Å². The van der Waals surface area contributed by atoms with Gasteiger partial charge in [0.15, 0.2) is 0 Å². The Kier molecular flexibility index (Phi) is 9.19. The fourth-order valence-electron chi connectivity index (χ4n) is 3.61. The molecular formula is C29H26ClN3O5S. The molecule has 0 aliphatic carbocycles. The number of anilines is 1. The average molecular weight is 564 g/mol. The predicted molar refractivity (Wildman–Crippen MR) is 152 cm³/mol. The quantitative estimate of drug-likeness (QED) is 0.198. The summed E-state index contributed by atoms with van der Waals surface area (Å²) < 4.78 is 39.0. The smallest absolute Gasteiger partial charge is 0.264 e. The summed E-state index contributed by atoms with van der Waals surface area (Å²) in [6.07, 6.45) is 1.44. The number of methoxy groups -OCH3 is 1. The summed E-state index contributed by atoms with van der Waals surface area (Å²) in [4.78, 5) is 12.9. The number of para-hydroxylation sites is 1. The van der Waals surface area contributed by atoms with Crippen molar-refractivity contribution >= 4 is 39.4 Å². The number of amides is 1. The highest BCUT2D eigenvalue weighted by atomic mass is 35.5. The molecular weight excluding hydrogens is 538 g/mol. The van der Waals surface area contributed by atoms with E-state index in [2.05, 4.69) is 10.5 Å². The Morgan fingerprint density at radius 3 is 2.38 bits per heavy atom. The minimum Gasteiger partial charge on any atom is -0.497 e. The number of ether oxygens (including phenoxy) is 2. The number of rotatable bonds is 11. The second-order valence-corrected chi connectivity index (χ2v) is 10.6. The predicted octanol–water partition coefficient (Wildman–Crippen LogP) is 5.27. The summed E-state index contributed by atoms with van der Waals surface area (Å²) in [5, 5.41) is 4.36. The number of carbonyl (C=O) groups excluding carboxylic acids is 1. The first-order valence-electron chi connectivity index (χ1n) is 11.9. The molecule has 4 rings (SSSR count). The van der Waals surface area contributed by atoms with E-state index in [1.54, 1.807) is 30.3 Å². The van der Waals surface area contributed by atoms with Gasteiger partial charge in [0.25, 0.3) is 15.9 Å². The fourth-order valence-corrected chi connectivity index (χ4v) is 5.21. The number of benzene rings is 4. The van der Waals surface area contributed by atoms with Gasteiger partial charge in [0, 0.05) is 10.6 Å². The maximum Gasteiger partial charge on any atom is 0.264 e. The van der Waals surface area contributed by atoms with Gasteiger partial charge in [-0.2, -0.15) is 5.10 Å². The lowest BCUT2D eigenvalue weighted by Gasteiger charge is -2.24. The Labute approximate surface area is 232 Å². The van der Waals surface area contributed by atoms with Crippen LogP contribution in [0.2, 0.25) is 5.02 Å². The molecule has 0 aromatic heterocycles. The molecule has 4 aromatic carbocycles. The minimum absolute atomic E-state index is 0.0101. The van der Waals surface area contributed by atoms with Crippen molar-refractivity contribution in [3.63, 3.8) is 0 Å². The number of hydrogen-bond acceptors (Lipinski definition) is 6. The van der Waals surface area contributed by atoms with Crippen molar-refractivity contribution in [3.05, 3.63) is 119 Å². The highest BCUT2D eigenvalue weighted by molar-refractivity contribution is 7.92. The zero-order chi connectivity index (χ0) is 27.7. The molecule has 0 saturated heterocycles. The molecule has 0 bridgehead atoms. The van der Waals surface area contributed by atoms with Gasteiger partial charge < -0.3 is 9.47 Å². The zero-order valence-corrected chi connectivity index (χ0v) is 22.6. The van der Waals surface area contributed by atoms with Crippen molar-refractivity contribution in [1.82, 2.24) is 5.43 Å². The molecule has 10 heteroatoms. The molecule has 4 aromatic rings. The topological polar surface area (TPSA) is 97.3 Å². The summed E-state index contributed by atoms with van der Waals surface area (Å²) in [5.41, 5.74) is 4.29. The Morgan fingerprint density at radius 1 is 0.949 bits per heavy atom. The number of nitrogens with one attached hydrogen (secondary N) is 1. The third-order valence-corrected chi connectivity index (χ3v) is 7.60. The average Bonchev–Trinajstić information content (AvgIpc) is 2.96. The minimum atomic E-state index is -4.12. The molecule has 39 heavy (non-hydrogen) atoms.